The minimum atomic E-state index is -3.33. The van der Waals surface area contributed by atoms with Gasteiger partial charge in [0.25, 0.3) is 10.1 Å². The van der Waals surface area contributed by atoms with Crippen molar-refractivity contribution in [2.45, 2.75) is 63.7 Å². The molecule has 0 aromatic rings. The van der Waals surface area contributed by atoms with Crippen LogP contribution in [-0.4, -0.2) is 19.3 Å². The van der Waals surface area contributed by atoms with Crippen molar-refractivity contribution in [1.82, 2.24) is 0 Å². The van der Waals surface area contributed by atoms with Crippen LogP contribution in [0.3, 0.4) is 0 Å². The lowest BCUT2D eigenvalue weighted by Crippen LogP contribution is -2.32. The second-order valence-electron chi connectivity index (χ2n) is 4.60. The van der Waals surface area contributed by atoms with Crippen LogP contribution in [0.1, 0.15) is 52.9 Å². The summed E-state index contributed by atoms with van der Waals surface area (Å²) in [6.45, 7) is 5.57. The van der Waals surface area contributed by atoms with Crippen LogP contribution in [0.4, 0.5) is 0 Å². The molecule has 1 aliphatic carbocycles. The molecule has 14 heavy (non-hydrogen) atoms. The largest absolute Gasteiger partial charge is 0.270 e. The van der Waals surface area contributed by atoms with Gasteiger partial charge in [-0.1, -0.05) is 19.8 Å². The average Bonchev–Trinajstić information content (AvgIpc) is 2.54. The van der Waals surface area contributed by atoms with Gasteiger partial charge in [0, 0.05) is 0 Å². The van der Waals surface area contributed by atoms with Crippen LogP contribution in [0.5, 0.6) is 0 Å². The minimum Gasteiger partial charge on any atom is -0.264 e. The number of hydrogen-bond acceptors (Lipinski definition) is 3. The van der Waals surface area contributed by atoms with E-state index in [4.69, 9.17) is 4.18 Å². The van der Waals surface area contributed by atoms with Gasteiger partial charge < -0.3 is 0 Å². The zero-order valence-corrected chi connectivity index (χ0v) is 10.1. The van der Waals surface area contributed by atoms with Crippen LogP contribution in [-0.2, 0) is 14.3 Å². The smallest absolute Gasteiger partial charge is 0.264 e. The Labute approximate surface area is 87.0 Å². The van der Waals surface area contributed by atoms with E-state index in [2.05, 4.69) is 0 Å². The first kappa shape index (κ1) is 12.0. The predicted octanol–water partition coefficient (Wildman–Crippen LogP) is 2.46. The quantitative estimate of drug-likeness (QED) is 0.684. The number of hydrogen-bond donors (Lipinski definition) is 0. The van der Waals surface area contributed by atoms with Gasteiger partial charge in [0.15, 0.2) is 0 Å². The van der Waals surface area contributed by atoms with Crippen molar-refractivity contribution < 1.29 is 12.6 Å². The van der Waals surface area contributed by atoms with Crippen molar-refractivity contribution in [3.8, 4) is 0 Å². The molecule has 0 amide bonds. The summed E-state index contributed by atoms with van der Waals surface area (Å²) in [7, 11) is -3.33. The third-order valence-electron chi connectivity index (χ3n) is 2.90. The summed E-state index contributed by atoms with van der Waals surface area (Å²) < 4.78 is 28.8. The van der Waals surface area contributed by atoms with E-state index in [1.807, 2.05) is 20.8 Å². The molecule has 0 radical (unpaired) electrons. The van der Waals surface area contributed by atoms with E-state index in [9.17, 15) is 8.42 Å². The molecule has 1 fully saturated rings. The van der Waals surface area contributed by atoms with Crippen molar-refractivity contribution >= 4 is 10.1 Å². The molecule has 0 aromatic carbocycles. The Hall–Kier alpha value is -0.0900. The maximum absolute atomic E-state index is 11.8. The Kier molecular flexibility index (Phi) is 3.58. The number of rotatable bonds is 4. The first-order chi connectivity index (χ1) is 6.37. The predicted molar refractivity (Wildman–Crippen MR) is 56.6 cm³/mol. The SMILES string of the molecule is CCC(C)(C)OS(=O)(=O)C1CCCC1. The lowest BCUT2D eigenvalue weighted by atomic mass is 10.1. The fraction of sp³-hybridized carbons (Fsp3) is 1.00. The lowest BCUT2D eigenvalue weighted by Gasteiger charge is -2.24. The van der Waals surface area contributed by atoms with Gasteiger partial charge in [-0.05, 0) is 33.1 Å². The molecule has 0 unspecified atom stereocenters. The standard InChI is InChI=1S/C10H20O3S/c1-4-10(2,3)13-14(11,12)9-7-5-6-8-9/h9H,4-8H2,1-3H3. The van der Waals surface area contributed by atoms with E-state index < -0.39 is 15.7 Å². The van der Waals surface area contributed by atoms with Gasteiger partial charge in [-0.3, -0.25) is 4.18 Å². The zero-order chi connectivity index (χ0) is 10.8. The molecule has 0 bridgehead atoms. The summed E-state index contributed by atoms with van der Waals surface area (Å²) in [4.78, 5) is 0. The summed E-state index contributed by atoms with van der Waals surface area (Å²) in [5, 5.41) is -0.256. The molecular weight excluding hydrogens is 200 g/mol. The summed E-state index contributed by atoms with van der Waals surface area (Å²) in [5.41, 5.74) is -0.554. The van der Waals surface area contributed by atoms with E-state index in [0.29, 0.717) is 6.42 Å². The highest BCUT2D eigenvalue weighted by Crippen LogP contribution is 2.29. The maximum atomic E-state index is 11.8. The van der Waals surface area contributed by atoms with E-state index in [0.717, 1.165) is 25.7 Å². The van der Waals surface area contributed by atoms with Gasteiger partial charge in [-0.25, -0.2) is 0 Å². The Morgan fingerprint density at radius 3 is 2.21 bits per heavy atom. The van der Waals surface area contributed by atoms with Gasteiger partial charge in [0.05, 0.1) is 10.9 Å². The van der Waals surface area contributed by atoms with Crippen molar-refractivity contribution in [3.05, 3.63) is 0 Å². The van der Waals surface area contributed by atoms with E-state index >= 15 is 0 Å². The highest BCUT2D eigenvalue weighted by atomic mass is 32.2. The minimum absolute atomic E-state index is 0.256. The van der Waals surface area contributed by atoms with Crippen LogP contribution >= 0.6 is 0 Å². The maximum Gasteiger partial charge on any atom is 0.270 e. The van der Waals surface area contributed by atoms with Crippen molar-refractivity contribution in [1.29, 1.82) is 0 Å². The molecule has 0 spiro atoms. The fourth-order valence-electron chi connectivity index (χ4n) is 1.62. The third kappa shape index (κ3) is 2.95. The van der Waals surface area contributed by atoms with E-state index in [-0.39, 0.29) is 5.25 Å². The molecule has 3 nitrogen and oxygen atoms in total. The molecule has 4 heteroatoms. The molecular formula is C10H20O3S. The van der Waals surface area contributed by atoms with Crippen LogP contribution < -0.4 is 0 Å². The molecule has 0 saturated heterocycles. The monoisotopic (exact) mass is 220 g/mol. The Morgan fingerprint density at radius 1 is 1.29 bits per heavy atom. The van der Waals surface area contributed by atoms with Crippen molar-refractivity contribution in [2.24, 2.45) is 0 Å². The molecule has 0 heterocycles. The summed E-state index contributed by atoms with van der Waals surface area (Å²) in [6, 6.07) is 0. The highest BCUT2D eigenvalue weighted by molar-refractivity contribution is 7.87. The summed E-state index contributed by atoms with van der Waals surface area (Å²) >= 11 is 0. The van der Waals surface area contributed by atoms with Crippen LogP contribution in [0, 0.1) is 0 Å². The van der Waals surface area contributed by atoms with Gasteiger partial charge in [-0.2, -0.15) is 8.42 Å². The van der Waals surface area contributed by atoms with Crippen LogP contribution in [0.25, 0.3) is 0 Å². The van der Waals surface area contributed by atoms with Gasteiger partial charge in [0.1, 0.15) is 0 Å². The topological polar surface area (TPSA) is 43.4 Å². The van der Waals surface area contributed by atoms with E-state index in [1.165, 1.54) is 0 Å². The van der Waals surface area contributed by atoms with E-state index in [1.54, 1.807) is 0 Å². The van der Waals surface area contributed by atoms with Crippen LogP contribution in [0.2, 0.25) is 0 Å². The molecule has 0 atom stereocenters. The molecule has 1 rings (SSSR count). The zero-order valence-electron chi connectivity index (χ0n) is 9.25. The second-order valence-corrected chi connectivity index (χ2v) is 6.41. The van der Waals surface area contributed by atoms with Gasteiger partial charge in [0.2, 0.25) is 0 Å². The van der Waals surface area contributed by atoms with Gasteiger partial charge in [-0.15, -0.1) is 0 Å². The summed E-state index contributed by atoms with van der Waals surface area (Å²) in [6.07, 6.45) is 4.27. The fourth-order valence-corrected chi connectivity index (χ4v) is 3.41. The Bertz CT molecular complexity index is 274. The first-order valence-electron chi connectivity index (χ1n) is 5.32. The molecule has 0 N–H and O–H groups in total. The third-order valence-corrected chi connectivity index (χ3v) is 4.88. The normalized spacial score (nSPS) is 20.2. The van der Waals surface area contributed by atoms with Gasteiger partial charge >= 0.3 is 0 Å². The average molecular weight is 220 g/mol. The Balaban J connectivity index is 2.66. The lowest BCUT2D eigenvalue weighted by molar-refractivity contribution is 0.111. The second kappa shape index (κ2) is 4.19. The molecule has 0 aromatic heterocycles. The van der Waals surface area contributed by atoms with Crippen molar-refractivity contribution in [2.75, 3.05) is 0 Å². The highest BCUT2D eigenvalue weighted by Gasteiger charge is 2.34. The first-order valence-corrected chi connectivity index (χ1v) is 6.79. The van der Waals surface area contributed by atoms with Crippen molar-refractivity contribution in [3.63, 3.8) is 0 Å². The molecule has 0 aliphatic heterocycles. The summed E-state index contributed by atoms with van der Waals surface area (Å²) in [5.74, 6) is 0. The van der Waals surface area contributed by atoms with Crippen LogP contribution in [0.15, 0.2) is 0 Å². The molecule has 84 valence electrons. The Morgan fingerprint density at radius 2 is 1.79 bits per heavy atom. The molecule has 1 aliphatic rings. The molecule has 1 saturated carbocycles.